The van der Waals surface area contributed by atoms with Crippen LogP contribution in [0.25, 0.3) is 10.9 Å². The maximum atomic E-state index is 5.52. The molecule has 0 spiro atoms. The fourth-order valence-corrected chi connectivity index (χ4v) is 2.77. The Morgan fingerprint density at radius 2 is 2.00 bits per heavy atom. The monoisotopic (exact) mass is 349 g/mol. The molecule has 6 nitrogen and oxygen atoms in total. The van der Waals surface area contributed by atoms with Gasteiger partial charge in [0.1, 0.15) is 11.6 Å². The highest BCUT2D eigenvalue weighted by atomic mass is 16.5. The van der Waals surface area contributed by atoms with Crippen molar-refractivity contribution in [3.05, 3.63) is 53.5 Å². The fraction of sp³-hybridized carbons (Fsp3) is 0.300. The predicted octanol–water partition coefficient (Wildman–Crippen LogP) is 3.95. The molecule has 0 radical (unpaired) electrons. The Balaban J connectivity index is 1.92. The Morgan fingerprint density at radius 1 is 1.23 bits per heavy atom. The second-order valence-electron chi connectivity index (χ2n) is 6.01. The summed E-state index contributed by atoms with van der Waals surface area (Å²) in [7, 11) is 1.77. The molecule has 3 aromatic rings. The lowest BCUT2D eigenvalue weighted by molar-refractivity contribution is 0.327. The van der Waals surface area contributed by atoms with E-state index in [9.17, 15) is 0 Å². The molecule has 6 heteroatoms. The zero-order chi connectivity index (χ0) is 18.5. The van der Waals surface area contributed by atoms with E-state index in [-0.39, 0.29) is 6.04 Å². The number of benzene rings is 1. The number of ether oxygens (including phenoxy) is 1. The summed E-state index contributed by atoms with van der Waals surface area (Å²) in [6.45, 7) is 6.49. The molecular weight excluding hydrogens is 326 g/mol. The highest BCUT2D eigenvalue weighted by Gasteiger charge is 2.12. The molecule has 0 saturated heterocycles. The number of hydrogen-bond donors (Lipinski definition) is 1. The van der Waals surface area contributed by atoms with Crippen molar-refractivity contribution in [2.75, 3.05) is 19.0 Å². The highest BCUT2D eigenvalue weighted by molar-refractivity contribution is 5.89. The van der Waals surface area contributed by atoms with Crippen LogP contribution in [0, 0.1) is 6.92 Å². The van der Waals surface area contributed by atoms with E-state index in [0.29, 0.717) is 18.3 Å². The van der Waals surface area contributed by atoms with E-state index in [4.69, 9.17) is 4.74 Å². The first-order valence-electron chi connectivity index (χ1n) is 8.66. The SMILES string of the molecule is CCOc1cc2c(N[C@H](C)c3ccc(/C=N\C)cc3)nc(C)nc2cn1. The molecule has 0 unspecified atom stereocenters. The van der Waals surface area contributed by atoms with Crippen molar-refractivity contribution < 1.29 is 4.74 Å². The molecule has 0 aliphatic heterocycles. The molecule has 1 aromatic carbocycles. The molecule has 0 bridgehead atoms. The number of anilines is 1. The molecule has 3 rings (SSSR count). The smallest absolute Gasteiger partial charge is 0.214 e. The van der Waals surface area contributed by atoms with Crippen LogP contribution in [0.15, 0.2) is 41.5 Å². The average molecular weight is 349 g/mol. The predicted molar refractivity (Wildman–Crippen MR) is 105 cm³/mol. The lowest BCUT2D eigenvalue weighted by atomic mass is 10.1. The third-order valence-electron chi connectivity index (χ3n) is 4.03. The van der Waals surface area contributed by atoms with Gasteiger partial charge in [-0.3, -0.25) is 4.99 Å². The number of aryl methyl sites for hydroxylation is 1. The number of hydrogen-bond acceptors (Lipinski definition) is 6. The molecule has 1 N–H and O–H groups in total. The molecule has 134 valence electrons. The Morgan fingerprint density at radius 3 is 2.69 bits per heavy atom. The number of rotatable bonds is 6. The summed E-state index contributed by atoms with van der Waals surface area (Å²) < 4.78 is 5.52. The summed E-state index contributed by atoms with van der Waals surface area (Å²) >= 11 is 0. The van der Waals surface area contributed by atoms with Gasteiger partial charge >= 0.3 is 0 Å². The first kappa shape index (κ1) is 17.8. The standard InChI is InChI=1S/C20H23N5O/c1-5-26-19-10-17-18(12-22-19)24-14(3)25-20(17)23-13(2)16-8-6-15(7-9-16)11-21-4/h6-13H,5H2,1-4H3,(H,23,24,25)/b21-11-/t13-/m1/s1. The van der Waals surface area contributed by atoms with Crippen LogP contribution in [0.2, 0.25) is 0 Å². The van der Waals surface area contributed by atoms with Crippen molar-refractivity contribution >= 4 is 22.9 Å². The molecule has 1 atom stereocenters. The number of nitrogens with one attached hydrogen (secondary N) is 1. The van der Waals surface area contributed by atoms with Crippen molar-refractivity contribution in [2.45, 2.75) is 26.8 Å². The molecule has 2 aromatic heterocycles. The first-order chi connectivity index (χ1) is 12.6. The van der Waals surface area contributed by atoms with Gasteiger partial charge in [-0.1, -0.05) is 24.3 Å². The summed E-state index contributed by atoms with van der Waals surface area (Å²) in [5, 5.41) is 4.39. The van der Waals surface area contributed by atoms with Gasteiger partial charge in [0.05, 0.1) is 18.3 Å². The number of fused-ring (bicyclic) bond motifs is 1. The van der Waals surface area contributed by atoms with E-state index >= 15 is 0 Å². The molecule has 0 amide bonds. The Labute approximate surface area is 153 Å². The van der Waals surface area contributed by atoms with Crippen LogP contribution >= 0.6 is 0 Å². The number of aliphatic imine (C=N–C) groups is 1. The lowest BCUT2D eigenvalue weighted by Gasteiger charge is -2.17. The highest BCUT2D eigenvalue weighted by Crippen LogP contribution is 2.27. The minimum absolute atomic E-state index is 0.0869. The molecule has 0 aliphatic rings. The molecule has 0 saturated carbocycles. The molecule has 0 fully saturated rings. The third kappa shape index (κ3) is 3.96. The van der Waals surface area contributed by atoms with Crippen LogP contribution < -0.4 is 10.1 Å². The average Bonchev–Trinajstić information content (AvgIpc) is 2.63. The molecule has 2 heterocycles. The largest absolute Gasteiger partial charge is 0.478 e. The van der Waals surface area contributed by atoms with Crippen LogP contribution in [-0.2, 0) is 0 Å². The van der Waals surface area contributed by atoms with Gasteiger partial charge in [-0.2, -0.15) is 0 Å². The van der Waals surface area contributed by atoms with Gasteiger partial charge in [0.2, 0.25) is 5.88 Å². The molecule has 26 heavy (non-hydrogen) atoms. The van der Waals surface area contributed by atoms with Gasteiger partial charge in [0.15, 0.2) is 0 Å². The minimum Gasteiger partial charge on any atom is -0.478 e. The zero-order valence-corrected chi connectivity index (χ0v) is 15.5. The minimum atomic E-state index is 0.0869. The van der Waals surface area contributed by atoms with Crippen LogP contribution in [-0.4, -0.2) is 34.8 Å². The van der Waals surface area contributed by atoms with E-state index in [1.54, 1.807) is 13.2 Å². The van der Waals surface area contributed by atoms with Gasteiger partial charge in [0, 0.05) is 30.8 Å². The number of aromatic nitrogens is 3. The van der Waals surface area contributed by atoms with E-state index in [1.165, 1.54) is 5.56 Å². The van der Waals surface area contributed by atoms with Crippen LogP contribution in [0.5, 0.6) is 5.88 Å². The quantitative estimate of drug-likeness (QED) is 0.682. The summed E-state index contributed by atoms with van der Waals surface area (Å²) in [5.74, 6) is 2.06. The molecule has 0 aliphatic carbocycles. The summed E-state index contributed by atoms with van der Waals surface area (Å²) in [6, 6.07) is 10.3. The van der Waals surface area contributed by atoms with Gasteiger partial charge < -0.3 is 10.1 Å². The van der Waals surface area contributed by atoms with Crippen molar-refractivity contribution in [1.29, 1.82) is 0 Å². The van der Waals surface area contributed by atoms with Gasteiger partial charge in [-0.05, 0) is 31.9 Å². The van der Waals surface area contributed by atoms with Crippen LogP contribution in [0.3, 0.4) is 0 Å². The van der Waals surface area contributed by atoms with Gasteiger partial charge in [-0.25, -0.2) is 15.0 Å². The lowest BCUT2D eigenvalue weighted by Crippen LogP contribution is -2.10. The number of pyridine rings is 1. The van der Waals surface area contributed by atoms with Crippen molar-refractivity contribution in [3.8, 4) is 5.88 Å². The topological polar surface area (TPSA) is 72.3 Å². The third-order valence-corrected chi connectivity index (χ3v) is 4.03. The maximum Gasteiger partial charge on any atom is 0.214 e. The Kier molecular flexibility index (Phi) is 5.41. The normalized spacial score (nSPS) is 12.5. The van der Waals surface area contributed by atoms with Crippen molar-refractivity contribution in [3.63, 3.8) is 0 Å². The summed E-state index contributed by atoms with van der Waals surface area (Å²) in [4.78, 5) is 17.4. The first-order valence-corrected chi connectivity index (χ1v) is 8.66. The van der Waals surface area contributed by atoms with E-state index in [2.05, 4.69) is 56.5 Å². The van der Waals surface area contributed by atoms with Crippen LogP contribution in [0.4, 0.5) is 5.82 Å². The zero-order valence-electron chi connectivity index (χ0n) is 15.5. The van der Waals surface area contributed by atoms with E-state index in [1.807, 2.05) is 26.1 Å². The van der Waals surface area contributed by atoms with Crippen LogP contribution in [0.1, 0.15) is 36.8 Å². The second-order valence-corrected chi connectivity index (χ2v) is 6.01. The fourth-order valence-electron chi connectivity index (χ4n) is 2.77. The van der Waals surface area contributed by atoms with E-state index in [0.717, 1.165) is 22.3 Å². The van der Waals surface area contributed by atoms with Gasteiger partial charge in [0.25, 0.3) is 0 Å². The summed E-state index contributed by atoms with van der Waals surface area (Å²) in [6.07, 6.45) is 3.56. The maximum absolute atomic E-state index is 5.52. The summed E-state index contributed by atoms with van der Waals surface area (Å²) in [5.41, 5.74) is 3.05. The van der Waals surface area contributed by atoms with Crippen molar-refractivity contribution in [2.24, 2.45) is 4.99 Å². The second kappa shape index (κ2) is 7.91. The Hall–Kier alpha value is -3.02. The van der Waals surface area contributed by atoms with Crippen molar-refractivity contribution in [1.82, 2.24) is 15.0 Å². The Bertz CT molecular complexity index is 921. The molecular formula is C20H23N5O. The van der Waals surface area contributed by atoms with E-state index < -0.39 is 0 Å². The number of nitrogens with zero attached hydrogens (tertiary/aromatic N) is 4. The van der Waals surface area contributed by atoms with Gasteiger partial charge in [-0.15, -0.1) is 0 Å².